The van der Waals surface area contributed by atoms with Gasteiger partial charge in [0, 0.05) is 30.6 Å². The molecule has 0 spiro atoms. The number of anilines is 1. The molecule has 3 nitrogen and oxygen atoms in total. The van der Waals surface area contributed by atoms with Gasteiger partial charge in [0.15, 0.2) is 0 Å². The highest BCUT2D eigenvalue weighted by Gasteiger charge is 2.30. The van der Waals surface area contributed by atoms with Crippen LogP contribution in [0.2, 0.25) is 5.15 Å². The Morgan fingerprint density at radius 3 is 3.06 bits per heavy atom. The maximum absolute atomic E-state index is 11.8. The number of nitrogens with zero attached hydrogens (tertiary/aromatic N) is 2. The van der Waals surface area contributed by atoms with Crippen molar-refractivity contribution in [1.29, 1.82) is 0 Å². The van der Waals surface area contributed by atoms with Crippen LogP contribution in [-0.4, -0.2) is 22.8 Å². The summed E-state index contributed by atoms with van der Waals surface area (Å²) < 4.78 is 0.950. The molecule has 0 saturated carbocycles. The smallest absolute Gasteiger partial charge is 0.227 e. The van der Waals surface area contributed by atoms with Crippen molar-refractivity contribution in [3.8, 4) is 0 Å². The minimum absolute atomic E-state index is 0.157. The molecule has 0 aliphatic carbocycles. The second-order valence-corrected chi connectivity index (χ2v) is 5.88. The molecule has 1 fully saturated rings. The maximum atomic E-state index is 11.8. The predicted octanol–water partition coefficient (Wildman–Crippen LogP) is 3.09. The Hall–Kier alpha value is 0.120. The van der Waals surface area contributed by atoms with Gasteiger partial charge in [0.05, 0.1) is 9.26 Å². The summed E-state index contributed by atoms with van der Waals surface area (Å²) in [6, 6.07) is 1.75. The van der Waals surface area contributed by atoms with Gasteiger partial charge >= 0.3 is 0 Å². The van der Waals surface area contributed by atoms with E-state index in [2.05, 4.69) is 43.5 Å². The molecule has 1 aromatic rings. The number of alkyl halides is 1. The quantitative estimate of drug-likeness (QED) is 0.423. The van der Waals surface area contributed by atoms with Crippen LogP contribution >= 0.6 is 50.1 Å². The summed E-state index contributed by atoms with van der Waals surface area (Å²) in [7, 11) is 0. The predicted molar refractivity (Wildman–Crippen MR) is 76.2 cm³/mol. The average Bonchev–Trinajstić information content (AvgIpc) is 2.63. The van der Waals surface area contributed by atoms with E-state index in [1.807, 2.05) is 0 Å². The van der Waals surface area contributed by atoms with Crippen molar-refractivity contribution in [2.45, 2.75) is 6.42 Å². The molecule has 0 radical (unpaired) electrons. The van der Waals surface area contributed by atoms with Crippen molar-refractivity contribution < 1.29 is 4.79 Å². The van der Waals surface area contributed by atoms with Crippen LogP contribution in [0.3, 0.4) is 0 Å². The summed E-state index contributed by atoms with van der Waals surface area (Å²) in [5, 5.41) is 1.27. The lowest BCUT2D eigenvalue weighted by Gasteiger charge is -2.18. The molecular formula is C10H9BrClIN2O. The number of carbonyl (C=O) groups excluding carboxylic acids is 1. The van der Waals surface area contributed by atoms with Gasteiger partial charge in [-0.2, -0.15) is 0 Å². The zero-order valence-corrected chi connectivity index (χ0v) is 12.8. The van der Waals surface area contributed by atoms with E-state index in [0.717, 1.165) is 21.1 Å². The summed E-state index contributed by atoms with van der Waals surface area (Å²) in [6.07, 6.45) is 2.29. The van der Waals surface area contributed by atoms with Gasteiger partial charge in [0.25, 0.3) is 0 Å². The van der Waals surface area contributed by atoms with Gasteiger partial charge < -0.3 is 4.90 Å². The Morgan fingerprint density at radius 2 is 2.44 bits per heavy atom. The number of hydrogen-bond acceptors (Lipinski definition) is 2. The summed E-state index contributed by atoms with van der Waals surface area (Å²) in [6.45, 7) is 0.750. The largest absolute Gasteiger partial charge is 0.311 e. The van der Waals surface area contributed by atoms with Crippen LogP contribution in [0.25, 0.3) is 0 Å². The molecule has 0 aromatic carbocycles. The molecule has 1 aromatic heterocycles. The lowest BCUT2D eigenvalue weighted by Crippen LogP contribution is -2.25. The van der Waals surface area contributed by atoms with Crippen LogP contribution in [0, 0.1) is 9.49 Å². The number of pyridine rings is 1. The van der Waals surface area contributed by atoms with Gasteiger partial charge in [-0.15, -0.1) is 0 Å². The third-order valence-electron chi connectivity index (χ3n) is 2.52. The molecule has 1 atom stereocenters. The number of halogens is 3. The number of aromatic nitrogens is 1. The molecule has 2 heterocycles. The van der Waals surface area contributed by atoms with Crippen molar-refractivity contribution in [3.05, 3.63) is 21.0 Å². The van der Waals surface area contributed by atoms with Crippen molar-refractivity contribution in [1.82, 2.24) is 4.98 Å². The molecule has 86 valence electrons. The zero-order chi connectivity index (χ0) is 11.7. The zero-order valence-electron chi connectivity index (χ0n) is 8.29. The van der Waals surface area contributed by atoms with Crippen molar-refractivity contribution >= 4 is 61.7 Å². The van der Waals surface area contributed by atoms with Gasteiger partial charge in [-0.3, -0.25) is 4.79 Å². The lowest BCUT2D eigenvalue weighted by molar-refractivity contribution is -0.117. The molecule has 1 aliphatic heterocycles. The number of amides is 1. The van der Waals surface area contributed by atoms with Gasteiger partial charge in [0.1, 0.15) is 5.15 Å². The Balaban J connectivity index is 2.30. The summed E-state index contributed by atoms with van der Waals surface area (Å²) in [5.41, 5.74) is 0.869. The Labute approximate surface area is 121 Å². The topological polar surface area (TPSA) is 33.2 Å². The standard InChI is InChI=1S/C10H9BrClIN2O/c11-3-6-1-10(16)15(5-6)8-2-9(12)14-4-7(8)13/h2,4,6H,1,3,5H2. The molecule has 1 amide bonds. The first-order valence-corrected chi connectivity index (χ1v) is 7.37. The summed E-state index contributed by atoms with van der Waals surface area (Å²) in [4.78, 5) is 17.6. The van der Waals surface area contributed by atoms with Crippen molar-refractivity contribution in [2.24, 2.45) is 5.92 Å². The summed E-state index contributed by atoms with van der Waals surface area (Å²) >= 11 is 11.4. The highest BCUT2D eigenvalue weighted by Crippen LogP contribution is 2.30. The Kier molecular flexibility index (Phi) is 4.07. The van der Waals surface area contributed by atoms with Crippen LogP contribution in [0.1, 0.15) is 6.42 Å². The maximum Gasteiger partial charge on any atom is 0.227 e. The summed E-state index contributed by atoms with van der Waals surface area (Å²) in [5.74, 6) is 0.542. The minimum atomic E-state index is 0.157. The fourth-order valence-corrected chi connectivity index (χ4v) is 2.90. The van der Waals surface area contributed by atoms with E-state index in [9.17, 15) is 4.79 Å². The second kappa shape index (κ2) is 5.18. The molecule has 1 aliphatic rings. The molecule has 1 unspecified atom stereocenters. The fourth-order valence-electron chi connectivity index (χ4n) is 1.73. The van der Waals surface area contributed by atoms with E-state index in [0.29, 0.717) is 17.5 Å². The SMILES string of the molecule is O=C1CC(CBr)CN1c1cc(Cl)ncc1I. The van der Waals surface area contributed by atoms with Crippen LogP contribution < -0.4 is 4.90 Å². The first kappa shape index (κ1) is 12.6. The fraction of sp³-hybridized carbons (Fsp3) is 0.400. The molecule has 2 rings (SSSR count). The first-order valence-electron chi connectivity index (χ1n) is 4.79. The van der Waals surface area contributed by atoms with Crippen LogP contribution in [0.4, 0.5) is 5.69 Å². The second-order valence-electron chi connectivity index (χ2n) is 3.69. The van der Waals surface area contributed by atoms with Crippen LogP contribution in [0.5, 0.6) is 0 Å². The highest BCUT2D eigenvalue weighted by molar-refractivity contribution is 14.1. The van der Waals surface area contributed by atoms with Crippen molar-refractivity contribution in [3.63, 3.8) is 0 Å². The van der Waals surface area contributed by atoms with Gasteiger partial charge in [-0.25, -0.2) is 4.98 Å². The Bertz CT molecular complexity index is 429. The molecular weight excluding hydrogens is 406 g/mol. The number of rotatable bonds is 2. The Morgan fingerprint density at radius 1 is 1.69 bits per heavy atom. The third-order valence-corrected chi connectivity index (χ3v) is 4.47. The molecule has 6 heteroatoms. The first-order chi connectivity index (χ1) is 7.61. The van der Waals surface area contributed by atoms with E-state index in [1.165, 1.54) is 0 Å². The van der Waals surface area contributed by atoms with E-state index >= 15 is 0 Å². The van der Waals surface area contributed by atoms with Crippen LogP contribution in [0.15, 0.2) is 12.3 Å². The average molecular weight is 415 g/mol. The molecule has 16 heavy (non-hydrogen) atoms. The van der Waals surface area contributed by atoms with Crippen LogP contribution in [-0.2, 0) is 4.79 Å². The lowest BCUT2D eigenvalue weighted by atomic mass is 10.2. The van der Waals surface area contributed by atoms with Crippen molar-refractivity contribution in [2.75, 3.05) is 16.8 Å². The number of hydrogen-bond donors (Lipinski definition) is 0. The molecule has 0 bridgehead atoms. The highest BCUT2D eigenvalue weighted by atomic mass is 127. The van der Waals surface area contributed by atoms with Gasteiger partial charge in [-0.05, 0) is 28.5 Å². The van der Waals surface area contributed by atoms with E-state index < -0.39 is 0 Å². The van der Waals surface area contributed by atoms with Gasteiger partial charge in [0.2, 0.25) is 5.91 Å². The number of carbonyl (C=O) groups is 1. The normalized spacial score (nSPS) is 20.6. The third kappa shape index (κ3) is 2.51. The monoisotopic (exact) mass is 414 g/mol. The minimum Gasteiger partial charge on any atom is -0.311 e. The molecule has 1 saturated heterocycles. The van der Waals surface area contributed by atoms with E-state index in [4.69, 9.17) is 11.6 Å². The molecule has 0 N–H and O–H groups in total. The van der Waals surface area contributed by atoms with E-state index in [-0.39, 0.29) is 5.91 Å². The van der Waals surface area contributed by atoms with E-state index in [1.54, 1.807) is 17.2 Å². The van der Waals surface area contributed by atoms with Gasteiger partial charge in [-0.1, -0.05) is 27.5 Å².